The van der Waals surface area contributed by atoms with Crippen molar-refractivity contribution < 1.29 is 23.9 Å². The molecule has 0 saturated carbocycles. The molecule has 196 valence electrons. The summed E-state index contributed by atoms with van der Waals surface area (Å²) >= 11 is 0. The predicted octanol–water partition coefficient (Wildman–Crippen LogP) is 2.66. The lowest BCUT2D eigenvalue weighted by Gasteiger charge is -2.30. The van der Waals surface area contributed by atoms with Gasteiger partial charge in [-0.1, -0.05) is 54.6 Å². The van der Waals surface area contributed by atoms with Gasteiger partial charge in [0.05, 0.1) is 0 Å². The lowest BCUT2D eigenvalue weighted by Crippen LogP contribution is -2.48. The van der Waals surface area contributed by atoms with E-state index < -0.39 is 0 Å². The molecule has 9 heteroatoms. The van der Waals surface area contributed by atoms with Crippen molar-refractivity contribution in [3.63, 3.8) is 0 Å². The molecule has 0 spiro atoms. The van der Waals surface area contributed by atoms with Crippen LogP contribution in [0.15, 0.2) is 66.7 Å². The Kier molecular flexibility index (Phi) is 15.1. The van der Waals surface area contributed by atoms with Crippen molar-refractivity contribution in [1.29, 1.82) is 0 Å². The van der Waals surface area contributed by atoms with Gasteiger partial charge in [0.15, 0.2) is 0 Å². The highest BCUT2D eigenvalue weighted by Gasteiger charge is 2.22. The first kappa shape index (κ1) is 30.5. The molecule has 2 aliphatic rings. The molecule has 2 saturated heterocycles. The fourth-order valence-electron chi connectivity index (χ4n) is 3.19. The second kappa shape index (κ2) is 17.8. The molecule has 2 N–H and O–H groups in total. The van der Waals surface area contributed by atoms with Crippen LogP contribution in [0.2, 0.25) is 0 Å². The van der Waals surface area contributed by atoms with Crippen LogP contribution in [-0.2, 0) is 14.3 Å². The first-order valence-electron chi connectivity index (χ1n) is 12.0. The van der Waals surface area contributed by atoms with E-state index in [4.69, 9.17) is 14.3 Å². The number of ether oxygens (including phenoxy) is 1. The smallest absolute Gasteiger partial charge is 0.410 e. The zero-order chi connectivity index (χ0) is 26.7. The second-order valence-corrected chi connectivity index (χ2v) is 8.86. The van der Waals surface area contributed by atoms with Crippen LogP contribution >= 0.6 is 0 Å². The maximum absolute atomic E-state index is 11.9. The van der Waals surface area contributed by atoms with Crippen molar-refractivity contribution in [2.45, 2.75) is 26.4 Å². The van der Waals surface area contributed by atoms with Crippen LogP contribution in [0.5, 0.6) is 0 Å². The fraction of sp³-hybridized carbons (Fsp3) is 0.444. The number of nitrogens with one attached hydrogen (secondary N) is 2. The Bertz CT molecular complexity index is 859. The molecule has 0 unspecified atom stereocenters. The molecule has 4 rings (SSSR count). The highest BCUT2D eigenvalue weighted by atomic mass is 16.6. The van der Waals surface area contributed by atoms with E-state index in [9.17, 15) is 9.59 Å². The number of rotatable bonds is 1. The van der Waals surface area contributed by atoms with Gasteiger partial charge in [-0.05, 0) is 32.9 Å². The van der Waals surface area contributed by atoms with E-state index in [0.29, 0.717) is 0 Å². The van der Waals surface area contributed by atoms with E-state index in [1.807, 2.05) is 92.4 Å². The fourth-order valence-corrected chi connectivity index (χ4v) is 3.19. The van der Waals surface area contributed by atoms with Gasteiger partial charge in [-0.25, -0.2) is 4.79 Å². The van der Waals surface area contributed by atoms with Crippen molar-refractivity contribution in [1.82, 2.24) is 20.4 Å². The molecule has 0 aliphatic carbocycles. The predicted molar refractivity (Wildman–Crippen MR) is 137 cm³/mol. The lowest BCUT2D eigenvalue weighted by molar-refractivity contribution is -0.191. The van der Waals surface area contributed by atoms with E-state index in [2.05, 4.69) is 10.6 Å². The largest absolute Gasteiger partial charge is 0.444 e. The molecule has 0 atom stereocenters. The summed E-state index contributed by atoms with van der Waals surface area (Å²) in [7, 11) is 0. The van der Waals surface area contributed by atoms with Gasteiger partial charge in [0.1, 0.15) is 5.60 Å². The molecular formula is C27H38N4O5. The van der Waals surface area contributed by atoms with Crippen LogP contribution in [0.1, 0.15) is 31.1 Å². The van der Waals surface area contributed by atoms with Gasteiger partial charge >= 0.3 is 12.2 Å². The van der Waals surface area contributed by atoms with E-state index in [0.717, 1.165) is 57.9 Å². The topological polar surface area (TPSA) is 108 Å². The number of amides is 2. The molecule has 36 heavy (non-hydrogen) atoms. The third-order valence-corrected chi connectivity index (χ3v) is 4.86. The minimum Gasteiger partial charge on any atom is -0.444 e. The van der Waals surface area contributed by atoms with Crippen LogP contribution < -0.4 is 10.6 Å². The minimum atomic E-state index is -0.387. The minimum absolute atomic E-state index is 0.145. The average molecular weight is 499 g/mol. The first-order valence-corrected chi connectivity index (χ1v) is 12.0. The quantitative estimate of drug-likeness (QED) is 0.622. The number of hydrogen-bond donors (Lipinski definition) is 2. The van der Waals surface area contributed by atoms with Crippen molar-refractivity contribution in [2.24, 2.45) is 0 Å². The molecule has 0 bridgehead atoms. The molecule has 2 amide bonds. The van der Waals surface area contributed by atoms with Gasteiger partial charge in [-0.2, -0.15) is 9.59 Å². The van der Waals surface area contributed by atoms with Crippen LogP contribution in [0.3, 0.4) is 0 Å². The van der Waals surface area contributed by atoms with Gasteiger partial charge in [0.25, 0.3) is 5.91 Å². The van der Waals surface area contributed by atoms with Crippen molar-refractivity contribution in [2.75, 3.05) is 52.4 Å². The number of hydrogen-bond acceptors (Lipinski definition) is 7. The Morgan fingerprint density at radius 3 is 1.47 bits per heavy atom. The Hall–Kier alpha value is -3.52. The monoisotopic (exact) mass is 498 g/mol. The highest BCUT2D eigenvalue weighted by Crippen LogP contribution is 2.10. The third kappa shape index (κ3) is 14.0. The number of nitrogens with zero attached hydrogens (tertiary/aromatic N) is 2. The van der Waals surface area contributed by atoms with Gasteiger partial charge in [-0.3, -0.25) is 4.79 Å². The summed E-state index contributed by atoms with van der Waals surface area (Å²) in [5, 5.41) is 6.41. The lowest BCUT2D eigenvalue weighted by atomic mass is 10.2. The number of carbonyl (C=O) groups excluding carboxylic acids is 4. The van der Waals surface area contributed by atoms with Gasteiger partial charge in [-0.15, -0.1) is 0 Å². The van der Waals surface area contributed by atoms with E-state index >= 15 is 0 Å². The van der Waals surface area contributed by atoms with E-state index in [1.54, 1.807) is 4.90 Å². The molecule has 2 aromatic rings. The van der Waals surface area contributed by atoms with Crippen molar-refractivity contribution in [3.05, 3.63) is 72.3 Å². The normalized spacial score (nSPS) is 14.8. The number of carbonyl (C=O) groups is 2. The Morgan fingerprint density at radius 2 is 1.08 bits per heavy atom. The molecule has 0 aromatic heterocycles. The maximum atomic E-state index is 11.9. The number of piperazine rings is 2. The summed E-state index contributed by atoms with van der Waals surface area (Å²) in [4.78, 5) is 43.3. The summed E-state index contributed by atoms with van der Waals surface area (Å²) in [5.41, 5.74) is 0.400. The maximum Gasteiger partial charge on any atom is 0.410 e. The third-order valence-electron chi connectivity index (χ3n) is 4.86. The summed E-state index contributed by atoms with van der Waals surface area (Å²) < 4.78 is 5.24. The van der Waals surface area contributed by atoms with Crippen LogP contribution in [0.4, 0.5) is 4.79 Å². The standard InChI is InChI=1S/C11H14N2O.C9H18N2O2.C6H6.CO2/c14-11(10-4-2-1-3-5-10)13-8-6-12-7-9-13;1-9(2,3)13-8(12)11-6-4-10-5-7-11;1-2-4-6-5-3-1;2-1-3/h1-5,12H,6-9H2;10H,4-7H2,1-3H3;1-6H;. The Morgan fingerprint density at radius 1 is 0.722 bits per heavy atom. The summed E-state index contributed by atoms with van der Waals surface area (Å²) in [5.74, 6) is 0.145. The zero-order valence-corrected chi connectivity index (χ0v) is 21.4. The molecule has 9 nitrogen and oxygen atoms in total. The molecule has 2 aliphatic heterocycles. The SMILES string of the molecule is CC(C)(C)OC(=O)N1CCNCC1.O=C(c1ccccc1)N1CCNCC1.O=C=O.c1ccccc1. The Labute approximate surface area is 213 Å². The van der Waals surface area contributed by atoms with Crippen molar-refractivity contribution in [3.8, 4) is 0 Å². The highest BCUT2D eigenvalue weighted by molar-refractivity contribution is 5.94. The summed E-state index contributed by atoms with van der Waals surface area (Å²) in [6, 6.07) is 21.5. The second-order valence-electron chi connectivity index (χ2n) is 8.86. The first-order chi connectivity index (χ1) is 17.3. The zero-order valence-electron chi connectivity index (χ0n) is 21.4. The van der Waals surface area contributed by atoms with Crippen molar-refractivity contribution >= 4 is 18.2 Å². The van der Waals surface area contributed by atoms with Gasteiger partial charge in [0, 0.05) is 57.9 Å². The Balaban J connectivity index is 0.000000271. The molecule has 2 fully saturated rings. The van der Waals surface area contributed by atoms with E-state index in [1.165, 1.54) is 0 Å². The molecule has 2 heterocycles. The summed E-state index contributed by atoms with van der Waals surface area (Å²) in [6.45, 7) is 12.3. The molecule has 0 radical (unpaired) electrons. The van der Waals surface area contributed by atoms with Gasteiger partial charge in [0.2, 0.25) is 0 Å². The van der Waals surface area contributed by atoms with Crippen LogP contribution in [0.25, 0.3) is 0 Å². The number of benzene rings is 2. The average Bonchev–Trinajstić information content (AvgIpc) is 2.91. The van der Waals surface area contributed by atoms with Crippen LogP contribution in [0, 0.1) is 0 Å². The van der Waals surface area contributed by atoms with Crippen LogP contribution in [-0.4, -0.2) is 85.9 Å². The van der Waals surface area contributed by atoms with Gasteiger partial charge < -0.3 is 25.2 Å². The molecule has 2 aromatic carbocycles. The molecular weight excluding hydrogens is 460 g/mol. The summed E-state index contributed by atoms with van der Waals surface area (Å²) in [6.07, 6.45) is 0.0500. The van der Waals surface area contributed by atoms with E-state index in [-0.39, 0.29) is 23.8 Å².